The molecule has 2 N–H and O–H groups in total. The van der Waals surface area contributed by atoms with E-state index in [0.717, 1.165) is 32.2 Å². The maximum atomic E-state index is 11.6. The van der Waals surface area contributed by atoms with Crippen LogP contribution in [0, 0.1) is 0 Å². The first-order valence-electron chi connectivity index (χ1n) is 6.79. The quantitative estimate of drug-likeness (QED) is 0.729. The Balaban J connectivity index is 2.14. The van der Waals surface area contributed by atoms with Gasteiger partial charge in [-0.1, -0.05) is 20.3 Å². The van der Waals surface area contributed by atoms with Crippen molar-refractivity contribution in [3.8, 4) is 0 Å². The van der Waals surface area contributed by atoms with Crippen molar-refractivity contribution in [2.45, 2.75) is 70.9 Å². The number of amides is 1. The number of hydrogen-bond acceptors (Lipinski definition) is 2. The van der Waals surface area contributed by atoms with Crippen LogP contribution in [-0.2, 0) is 4.79 Å². The summed E-state index contributed by atoms with van der Waals surface area (Å²) in [6, 6.07) is 1.10. The smallest absolute Gasteiger partial charge is 0.220 e. The molecule has 3 heteroatoms. The molecule has 3 nitrogen and oxygen atoms in total. The molecular formula is C13H26N2O. The van der Waals surface area contributed by atoms with Crippen molar-refractivity contribution in [3.05, 3.63) is 0 Å². The molecule has 0 radical (unpaired) electrons. The minimum Gasteiger partial charge on any atom is -0.353 e. The van der Waals surface area contributed by atoms with Crippen molar-refractivity contribution < 1.29 is 4.79 Å². The molecule has 0 aromatic heterocycles. The summed E-state index contributed by atoms with van der Waals surface area (Å²) in [6.45, 7) is 5.33. The van der Waals surface area contributed by atoms with E-state index in [2.05, 4.69) is 24.5 Å². The highest BCUT2D eigenvalue weighted by Crippen LogP contribution is 2.18. The normalized spacial score (nSPS) is 25.4. The molecule has 0 aliphatic heterocycles. The standard InChI is InChI=1S/C13H26N2O/c1-3-5-6-13(16)15-12-9-7-11(8-10-12)14-4-2/h11-12,14H,3-10H2,1-2H3,(H,15,16). The van der Waals surface area contributed by atoms with Gasteiger partial charge >= 0.3 is 0 Å². The van der Waals surface area contributed by atoms with Crippen LogP contribution in [0.15, 0.2) is 0 Å². The van der Waals surface area contributed by atoms with E-state index in [-0.39, 0.29) is 5.91 Å². The average Bonchev–Trinajstić information content (AvgIpc) is 2.29. The molecule has 1 rings (SSSR count). The van der Waals surface area contributed by atoms with Crippen LogP contribution in [0.3, 0.4) is 0 Å². The van der Waals surface area contributed by atoms with E-state index >= 15 is 0 Å². The summed E-state index contributed by atoms with van der Waals surface area (Å²) in [5.41, 5.74) is 0. The predicted octanol–water partition coefficient (Wildman–Crippen LogP) is 2.21. The van der Waals surface area contributed by atoms with E-state index in [1.165, 1.54) is 12.8 Å². The van der Waals surface area contributed by atoms with Gasteiger partial charge in [0, 0.05) is 18.5 Å². The number of carbonyl (C=O) groups excluding carboxylic acids is 1. The molecule has 1 aliphatic rings. The average molecular weight is 226 g/mol. The molecule has 0 heterocycles. The third-order valence-electron chi connectivity index (χ3n) is 3.34. The second-order valence-corrected chi connectivity index (χ2v) is 4.78. The van der Waals surface area contributed by atoms with E-state index in [0.29, 0.717) is 18.5 Å². The molecule has 0 spiro atoms. The van der Waals surface area contributed by atoms with Gasteiger partial charge in [-0.15, -0.1) is 0 Å². The van der Waals surface area contributed by atoms with Crippen molar-refractivity contribution in [1.82, 2.24) is 10.6 Å². The number of nitrogens with one attached hydrogen (secondary N) is 2. The SMILES string of the molecule is CCCCC(=O)NC1CCC(NCC)CC1. The minimum atomic E-state index is 0.244. The molecular weight excluding hydrogens is 200 g/mol. The molecule has 0 bridgehead atoms. The van der Waals surface area contributed by atoms with Gasteiger partial charge in [0.05, 0.1) is 0 Å². The third kappa shape index (κ3) is 4.97. The summed E-state index contributed by atoms with van der Waals surface area (Å²) < 4.78 is 0. The molecule has 1 saturated carbocycles. The fourth-order valence-corrected chi connectivity index (χ4v) is 2.37. The van der Waals surface area contributed by atoms with Crippen LogP contribution >= 0.6 is 0 Å². The summed E-state index contributed by atoms with van der Waals surface area (Å²) in [7, 11) is 0. The Morgan fingerprint density at radius 2 is 1.75 bits per heavy atom. The molecule has 0 aromatic rings. The van der Waals surface area contributed by atoms with Gasteiger partial charge in [-0.3, -0.25) is 4.79 Å². The van der Waals surface area contributed by atoms with Gasteiger partial charge in [0.15, 0.2) is 0 Å². The lowest BCUT2D eigenvalue weighted by Gasteiger charge is -2.29. The summed E-state index contributed by atoms with van der Waals surface area (Å²) in [5, 5.41) is 6.63. The largest absolute Gasteiger partial charge is 0.353 e. The maximum Gasteiger partial charge on any atom is 0.220 e. The van der Waals surface area contributed by atoms with Crippen LogP contribution in [0.2, 0.25) is 0 Å². The van der Waals surface area contributed by atoms with E-state index in [4.69, 9.17) is 0 Å². The Bertz CT molecular complexity index is 198. The zero-order valence-electron chi connectivity index (χ0n) is 10.7. The third-order valence-corrected chi connectivity index (χ3v) is 3.34. The van der Waals surface area contributed by atoms with Gasteiger partial charge in [0.2, 0.25) is 5.91 Å². The number of hydrogen-bond donors (Lipinski definition) is 2. The molecule has 16 heavy (non-hydrogen) atoms. The first-order valence-corrected chi connectivity index (χ1v) is 6.79. The highest BCUT2D eigenvalue weighted by atomic mass is 16.1. The highest BCUT2D eigenvalue weighted by molar-refractivity contribution is 5.76. The second kappa shape index (κ2) is 7.66. The van der Waals surface area contributed by atoms with Gasteiger partial charge in [-0.05, 0) is 38.6 Å². The fourth-order valence-electron chi connectivity index (χ4n) is 2.37. The minimum absolute atomic E-state index is 0.244. The van der Waals surface area contributed by atoms with Crippen molar-refractivity contribution >= 4 is 5.91 Å². The fraction of sp³-hybridized carbons (Fsp3) is 0.923. The zero-order chi connectivity index (χ0) is 11.8. The Hall–Kier alpha value is -0.570. The Morgan fingerprint density at radius 1 is 1.12 bits per heavy atom. The molecule has 0 unspecified atom stereocenters. The van der Waals surface area contributed by atoms with Gasteiger partial charge < -0.3 is 10.6 Å². The van der Waals surface area contributed by atoms with Crippen molar-refractivity contribution in [1.29, 1.82) is 0 Å². The predicted molar refractivity (Wildman–Crippen MR) is 67.4 cm³/mol. The number of unbranched alkanes of at least 4 members (excludes halogenated alkanes) is 1. The first-order chi connectivity index (χ1) is 7.76. The van der Waals surface area contributed by atoms with E-state index in [1.807, 2.05) is 0 Å². The van der Waals surface area contributed by atoms with E-state index < -0.39 is 0 Å². The van der Waals surface area contributed by atoms with Crippen LogP contribution in [0.4, 0.5) is 0 Å². The summed E-state index contributed by atoms with van der Waals surface area (Å²) >= 11 is 0. The molecule has 0 atom stereocenters. The van der Waals surface area contributed by atoms with Gasteiger partial charge in [0.25, 0.3) is 0 Å². The lowest BCUT2D eigenvalue weighted by molar-refractivity contribution is -0.122. The second-order valence-electron chi connectivity index (χ2n) is 4.78. The van der Waals surface area contributed by atoms with Crippen LogP contribution < -0.4 is 10.6 Å². The van der Waals surface area contributed by atoms with Crippen molar-refractivity contribution in [3.63, 3.8) is 0 Å². The van der Waals surface area contributed by atoms with Crippen molar-refractivity contribution in [2.24, 2.45) is 0 Å². The van der Waals surface area contributed by atoms with Gasteiger partial charge in [0.1, 0.15) is 0 Å². The van der Waals surface area contributed by atoms with Gasteiger partial charge in [-0.25, -0.2) is 0 Å². The van der Waals surface area contributed by atoms with Crippen LogP contribution in [0.1, 0.15) is 58.8 Å². The number of carbonyl (C=O) groups is 1. The summed E-state index contributed by atoms with van der Waals surface area (Å²) in [6.07, 6.45) is 7.48. The highest BCUT2D eigenvalue weighted by Gasteiger charge is 2.21. The Kier molecular flexibility index (Phi) is 6.46. The lowest BCUT2D eigenvalue weighted by atomic mass is 9.91. The van der Waals surface area contributed by atoms with Crippen molar-refractivity contribution in [2.75, 3.05) is 6.54 Å². The maximum absolute atomic E-state index is 11.6. The molecule has 1 aliphatic carbocycles. The van der Waals surface area contributed by atoms with Crippen LogP contribution in [0.25, 0.3) is 0 Å². The molecule has 94 valence electrons. The molecule has 1 fully saturated rings. The van der Waals surface area contributed by atoms with Crippen LogP contribution in [-0.4, -0.2) is 24.5 Å². The Labute approximate surface area is 99.4 Å². The summed E-state index contributed by atoms with van der Waals surface area (Å²) in [4.78, 5) is 11.6. The molecule has 0 saturated heterocycles. The zero-order valence-corrected chi connectivity index (χ0v) is 10.7. The summed E-state index contributed by atoms with van der Waals surface area (Å²) in [5.74, 6) is 0.244. The van der Waals surface area contributed by atoms with E-state index in [1.54, 1.807) is 0 Å². The number of rotatable bonds is 6. The molecule has 0 aromatic carbocycles. The van der Waals surface area contributed by atoms with Gasteiger partial charge in [-0.2, -0.15) is 0 Å². The lowest BCUT2D eigenvalue weighted by Crippen LogP contribution is -2.42. The Morgan fingerprint density at radius 3 is 2.31 bits per heavy atom. The van der Waals surface area contributed by atoms with E-state index in [9.17, 15) is 4.79 Å². The monoisotopic (exact) mass is 226 g/mol. The first kappa shape index (κ1) is 13.5. The molecule has 1 amide bonds. The van der Waals surface area contributed by atoms with Crippen LogP contribution in [0.5, 0.6) is 0 Å². The topological polar surface area (TPSA) is 41.1 Å².